The van der Waals surface area contributed by atoms with Crippen molar-refractivity contribution < 1.29 is 15.0 Å². The predicted octanol–water partition coefficient (Wildman–Crippen LogP) is 5.77. The van der Waals surface area contributed by atoms with Crippen molar-refractivity contribution >= 4 is 5.97 Å². The number of carbonyl (C=O) groups is 1. The first-order chi connectivity index (χ1) is 10.2. The monoisotopic (exact) mass is 296 g/mol. The lowest BCUT2D eigenvalue weighted by atomic mass is 10.1. The highest BCUT2D eigenvalue weighted by Crippen LogP contribution is 2.11. The fraction of sp³-hybridized carbons (Fsp3) is 0.722. The molecule has 0 saturated heterocycles. The number of unbranched alkanes of at least 4 members (excludes halogenated alkanes) is 7. The summed E-state index contributed by atoms with van der Waals surface area (Å²) in [5.41, 5.74) is 0. The third-order valence-electron chi connectivity index (χ3n) is 3.45. The van der Waals surface area contributed by atoms with Crippen LogP contribution in [0.1, 0.15) is 84.0 Å². The number of aliphatic hydroxyl groups excluding tert-OH is 1. The molecule has 122 valence electrons. The minimum absolute atomic E-state index is 0.274. The van der Waals surface area contributed by atoms with Gasteiger partial charge in [-0.3, -0.25) is 4.79 Å². The van der Waals surface area contributed by atoms with E-state index < -0.39 is 5.97 Å². The molecule has 0 rings (SSSR count). The fourth-order valence-electron chi connectivity index (χ4n) is 2.15. The Morgan fingerprint density at radius 2 is 1.52 bits per heavy atom. The van der Waals surface area contributed by atoms with Crippen LogP contribution in [0.15, 0.2) is 24.0 Å². The van der Waals surface area contributed by atoms with Crippen LogP contribution in [-0.2, 0) is 4.79 Å². The molecular weight excluding hydrogens is 264 g/mol. The van der Waals surface area contributed by atoms with Crippen molar-refractivity contribution in [1.29, 1.82) is 0 Å². The third kappa shape index (κ3) is 16.7. The number of rotatable bonds is 14. The van der Waals surface area contributed by atoms with Gasteiger partial charge in [-0.25, -0.2) is 0 Å². The van der Waals surface area contributed by atoms with Crippen molar-refractivity contribution in [3.05, 3.63) is 24.0 Å². The zero-order valence-corrected chi connectivity index (χ0v) is 13.5. The van der Waals surface area contributed by atoms with Crippen LogP contribution in [0.25, 0.3) is 0 Å². The predicted molar refractivity (Wildman–Crippen MR) is 88.6 cm³/mol. The fourth-order valence-corrected chi connectivity index (χ4v) is 2.15. The molecule has 21 heavy (non-hydrogen) atoms. The molecule has 3 heteroatoms. The van der Waals surface area contributed by atoms with Crippen molar-refractivity contribution in [1.82, 2.24) is 0 Å². The summed E-state index contributed by atoms with van der Waals surface area (Å²) < 4.78 is 0. The second-order valence-corrected chi connectivity index (χ2v) is 5.56. The first-order valence-corrected chi connectivity index (χ1v) is 8.41. The Morgan fingerprint density at radius 3 is 2.19 bits per heavy atom. The molecule has 0 aliphatic rings. The SMILES string of the molecule is CCCCC/C=C/C/C=C(\O)CCCCCCCC(=O)O. The molecule has 0 amide bonds. The van der Waals surface area contributed by atoms with Crippen LogP contribution >= 0.6 is 0 Å². The van der Waals surface area contributed by atoms with E-state index in [1.807, 2.05) is 6.08 Å². The maximum absolute atomic E-state index is 10.3. The Labute approximate surface area is 129 Å². The molecular formula is C18H32O3. The van der Waals surface area contributed by atoms with Crippen LogP contribution in [0.2, 0.25) is 0 Å². The molecule has 0 atom stereocenters. The summed E-state index contributed by atoms with van der Waals surface area (Å²) in [6, 6.07) is 0. The van der Waals surface area contributed by atoms with Crippen LogP contribution in [0.3, 0.4) is 0 Å². The van der Waals surface area contributed by atoms with E-state index in [-0.39, 0.29) is 6.42 Å². The maximum Gasteiger partial charge on any atom is 0.303 e. The number of carboxylic acids is 1. The first-order valence-electron chi connectivity index (χ1n) is 8.41. The largest absolute Gasteiger partial charge is 0.513 e. The minimum Gasteiger partial charge on any atom is -0.513 e. The van der Waals surface area contributed by atoms with E-state index in [1.54, 1.807) is 0 Å². The Hall–Kier alpha value is -1.25. The summed E-state index contributed by atoms with van der Waals surface area (Å²) in [5.74, 6) is -0.225. The highest BCUT2D eigenvalue weighted by molar-refractivity contribution is 5.66. The van der Waals surface area contributed by atoms with Gasteiger partial charge < -0.3 is 10.2 Å². The minimum atomic E-state index is -0.710. The molecule has 0 aliphatic heterocycles. The summed E-state index contributed by atoms with van der Waals surface area (Å²) in [6.07, 6.45) is 17.8. The number of aliphatic carboxylic acids is 1. The van der Waals surface area contributed by atoms with Gasteiger partial charge in [0.15, 0.2) is 0 Å². The topological polar surface area (TPSA) is 57.5 Å². The number of aliphatic hydroxyl groups is 1. The molecule has 0 aliphatic carbocycles. The smallest absolute Gasteiger partial charge is 0.303 e. The molecule has 0 heterocycles. The van der Waals surface area contributed by atoms with Gasteiger partial charge >= 0.3 is 5.97 Å². The number of allylic oxidation sites excluding steroid dienone is 4. The zero-order valence-electron chi connectivity index (χ0n) is 13.5. The van der Waals surface area contributed by atoms with Crippen LogP contribution in [-0.4, -0.2) is 16.2 Å². The van der Waals surface area contributed by atoms with Crippen molar-refractivity contribution in [2.75, 3.05) is 0 Å². The molecule has 0 saturated carbocycles. The second-order valence-electron chi connectivity index (χ2n) is 5.56. The van der Waals surface area contributed by atoms with Gasteiger partial charge in [0, 0.05) is 12.8 Å². The summed E-state index contributed by atoms with van der Waals surface area (Å²) in [7, 11) is 0. The van der Waals surface area contributed by atoms with Crippen LogP contribution < -0.4 is 0 Å². The van der Waals surface area contributed by atoms with E-state index in [0.717, 1.165) is 51.4 Å². The summed E-state index contributed by atoms with van der Waals surface area (Å²) in [6.45, 7) is 2.21. The van der Waals surface area contributed by atoms with Crippen LogP contribution in [0.4, 0.5) is 0 Å². The Bertz CT molecular complexity index is 306. The molecule has 0 bridgehead atoms. The van der Waals surface area contributed by atoms with Crippen molar-refractivity contribution in [2.24, 2.45) is 0 Å². The Morgan fingerprint density at radius 1 is 0.857 bits per heavy atom. The Balaban J connectivity index is 3.41. The van der Waals surface area contributed by atoms with Gasteiger partial charge in [-0.1, -0.05) is 51.2 Å². The van der Waals surface area contributed by atoms with Gasteiger partial charge in [0.1, 0.15) is 0 Å². The van der Waals surface area contributed by atoms with E-state index >= 15 is 0 Å². The molecule has 0 aromatic carbocycles. The molecule has 3 nitrogen and oxygen atoms in total. The standard InChI is InChI=1S/C18H32O3/c1-2-3-4-5-6-8-11-14-17(19)15-12-9-7-10-13-16-18(20)21/h6,8,14,19H,2-5,7,9-13,15-16H2,1H3,(H,20,21)/b8-6+,17-14-. The number of hydrogen-bond donors (Lipinski definition) is 2. The van der Waals surface area contributed by atoms with Gasteiger partial charge in [-0.2, -0.15) is 0 Å². The van der Waals surface area contributed by atoms with E-state index in [9.17, 15) is 9.90 Å². The molecule has 0 unspecified atom stereocenters. The molecule has 0 spiro atoms. The maximum atomic E-state index is 10.3. The molecule has 0 radical (unpaired) electrons. The number of hydrogen-bond acceptors (Lipinski definition) is 2. The highest BCUT2D eigenvalue weighted by atomic mass is 16.4. The van der Waals surface area contributed by atoms with Crippen LogP contribution in [0.5, 0.6) is 0 Å². The zero-order chi connectivity index (χ0) is 15.8. The van der Waals surface area contributed by atoms with E-state index in [0.29, 0.717) is 5.76 Å². The lowest BCUT2D eigenvalue weighted by Gasteiger charge is -2.01. The van der Waals surface area contributed by atoms with Crippen molar-refractivity contribution in [3.63, 3.8) is 0 Å². The average molecular weight is 296 g/mol. The lowest BCUT2D eigenvalue weighted by Crippen LogP contribution is -1.93. The molecule has 0 fully saturated rings. The molecule has 2 N–H and O–H groups in total. The van der Waals surface area contributed by atoms with E-state index in [2.05, 4.69) is 19.1 Å². The summed E-state index contributed by atoms with van der Waals surface area (Å²) in [4.78, 5) is 10.3. The van der Waals surface area contributed by atoms with E-state index in [4.69, 9.17) is 5.11 Å². The summed E-state index contributed by atoms with van der Waals surface area (Å²) in [5, 5.41) is 18.2. The van der Waals surface area contributed by atoms with Gasteiger partial charge in [-0.05, 0) is 38.2 Å². The van der Waals surface area contributed by atoms with E-state index in [1.165, 1.54) is 19.3 Å². The quantitative estimate of drug-likeness (QED) is 0.243. The lowest BCUT2D eigenvalue weighted by molar-refractivity contribution is -0.137. The van der Waals surface area contributed by atoms with Gasteiger partial charge in [-0.15, -0.1) is 0 Å². The normalized spacial score (nSPS) is 12.1. The average Bonchev–Trinajstić information content (AvgIpc) is 2.45. The van der Waals surface area contributed by atoms with Gasteiger partial charge in [0.2, 0.25) is 0 Å². The third-order valence-corrected chi connectivity index (χ3v) is 3.45. The van der Waals surface area contributed by atoms with Crippen molar-refractivity contribution in [2.45, 2.75) is 84.0 Å². The van der Waals surface area contributed by atoms with Crippen LogP contribution in [0, 0.1) is 0 Å². The molecule has 0 aromatic rings. The second kappa shape index (κ2) is 15.1. The highest BCUT2D eigenvalue weighted by Gasteiger charge is 1.97. The van der Waals surface area contributed by atoms with Gasteiger partial charge in [0.25, 0.3) is 0 Å². The van der Waals surface area contributed by atoms with Gasteiger partial charge in [0.05, 0.1) is 5.76 Å². The summed E-state index contributed by atoms with van der Waals surface area (Å²) >= 11 is 0. The number of carboxylic acid groups (broad SMARTS) is 1. The molecule has 0 aromatic heterocycles. The van der Waals surface area contributed by atoms with Crippen molar-refractivity contribution in [3.8, 4) is 0 Å². The first kappa shape index (κ1) is 19.8. The Kier molecular flexibility index (Phi) is 14.2.